The number of nitrogens with zero attached hydrogens (tertiary/aromatic N) is 1. The summed E-state index contributed by atoms with van der Waals surface area (Å²) in [6.45, 7) is 5.66. The molecule has 0 saturated heterocycles. The van der Waals surface area contributed by atoms with Gasteiger partial charge in [0, 0.05) is 11.8 Å². The van der Waals surface area contributed by atoms with Gasteiger partial charge in [-0.15, -0.1) is 0 Å². The first-order valence-corrected chi connectivity index (χ1v) is 9.45. The summed E-state index contributed by atoms with van der Waals surface area (Å²) in [7, 11) is 3.12. The van der Waals surface area contributed by atoms with Gasteiger partial charge in [0.1, 0.15) is 5.75 Å². The molecule has 0 spiro atoms. The van der Waals surface area contributed by atoms with Crippen molar-refractivity contribution in [2.45, 2.75) is 26.8 Å². The lowest BCUT2D eigenvalue weighted by molar-refractivity contribution is -0.885. The highest BCUT2D eigenvalue weighted by Gasteiger charge is 2.25. The van der Waals surface area contributed by atoms with E-state index in [-0.39, 0.29) is 29.8 Å². The number of aryl methyl sites for hydroxylation is 2. The van der Waals surface area contributed by atoms with Crippen LogP contribution in [0.5, 0.6) is 5.75 Å². The second-order valence-corrected chi connectivity index (χ2v) is 7.24. The van der Waals surface area contributed by atoms with Crippen molar-refractivity contribution in [2.75, 3.05) is 31.3 Å². The Morgan fingerprint density at radius 3 is 2.47 bits per heavy atom. The average Bonchev–Trinajstić information content (AvgIpc) is 2.69. The molecule has 30 heavy (non-hydrogen) atoms. The lowest BCUT2D eigenvalue weighted by Gasteiger charge is -2.21. The SMILES string of the molecule is COc1cc([N+](=O)[O-])ccc1NC(=O)[C@@H](C)[NH+](C)CC(=O)Nc1cc(C)ccc1C. The fraction of sp³-hybridized carbons (Fsp3) is 0.333. The summed E-state index contributed by atoms with van der Waals surface area (Å²) in [6.07, 6.45) is 0. The highest BCUT2D eigenvalue weighted by molar-refractivity contribution is 5.96. The van der Waals surface area contributed by atoms with Crippen LogP contribution in [0.1, 0.15) is 18.1 Å². The number of nitro groups is 1. The number of nitrogens with one attached hydrogen (secondary N) is 3. The van der Waals surface area contributed by atoms with Crippen LogP contribution in [-0.2, 0) is 9.59 Å². The third-order valence-electron chi connectivity index (χ3n) is 4.89. The first-order chi connectivity index (χ1) is 14.1. The van der Waals surface area contributed by atoms with Crippen LogP contribution in [0.2, 0.25) is 0 Å². The summed E-state index contributed by atoms with van der Waals surface area (Å²) in [6, 6.07) is 9.22. The van der Waals surface area contributed by atoms with Crippen molar-refractivity contribution in [2.24, 2.45) is 0 Å². The molecular formula is C21H27N4O5+. The normalized spacial score (nSPS) is 12.6. The minimum atomic E-state index is -0.547. The summed E-state index contributed by atoms with van der Waals surface area (Å²) in [5.41, 5.74) is 2.95. The molecule has 0 aromatic heterocycles. The van der Waals surface area contributed by atoms with E-state index in [1.54, 1.807) is 14.0 Å². The largest absolute Gasteiger partial charge is 0.494 e. The zero-order valence-corrected chi connectivity index (χ0v) is 17.7. The number of amides is 2. The maximum absolute atomic E-state index is 12.6. The number of carbonyl (C=O) groups is 2. The average molecular weight is 415 g/mol. The molecule has 0 saturated carbocycles. The number of anilines is 2. The molecule has 0 bridgehead atoms. The number of non-ortho nitro benzene ring substituents is 1. The third kappa shape index (κ3) is 5.77. The quantitative estimate of drug-likeness (QED) is 0.448. The van der Waals surface area contributed by atoms with Crippen molar-refractivity contribution in [1.82, 2.24) is 0 Å². The Morgan fingerprint density at radius 1 is 1.13 bits per heavy atom. The molecular weight excluding hydrogens is 388 g/mol. The minimum absolute atomic E-state index is 0.0966. The third-order valence-corrected chi connectivity index (χ3v) is 4.89. The van der Waals surface area contributed by atoms with Crippen LogP contribution in [0.4, 0.5) is 17.1 Å². The Hall–Kier alpha value is -3.46. The maximum Gasteiger partial charge on any atom is 0.282 e. The molecule has 0 aliphatic carbocycles. The van der Waals surface area contributed by atoms with Crippen LogP contribution < -0.4 is 20.3 Å². The van der Waals surface area contributed by atoms with Gasteiger partial charge >= 0.3 is 0 Å². The number of likely N-dealkylation sites (N-methyl/N-ethyl adjacent to an activating group) is 1. The molecule has 0 radical (unpaired) electrons. The van der Waals surface area contributed by atoms with Gasteiger partial charge in [0.2, 0.25) is 0 Å². The zero-order valence-electron chi connectivity index (χ0n) is 17.7. The van der Waals surface area contributed by atoms with E-state index in [9.17, 15) is 19.7 Å². The van der Waals surface area contributed by atoms with E-state index < -0.39 is 11.0 Å². The molecule has 0 fully saturated rings. The van der Waals surface area contributed by atoms with Gasteiger partial charge in [-0.1, -0.05) is 12.1 Å². The van der Waals surface area contributed by atoms with Crippen molar-refractivity contribution in [3.63, 3.8) is 0 Å². The molecule has 2 aromatic rings. The molecule has 0 heterocycles. The van der Waals surface area contributed by atoms with Gasteiger partial charge < -0.3 is 20.3 Å². The van der Waals surface area contributed by atoms with E-state index in [0.29, 0.717) is 10.6 Å². The monoisotopic (exact) mass is 415 g/mol. The van der Waals surface area contributed by atoms with E-state index in [4.69, 9.17) is 4.74 Å². The molecule has 2 atom stereocenters. The second kappa shape index (κ2) is 9.84. The summed E-state index contributed by atoms with van der Waals surface area (Å²) in [5.74, 6) is -0.344. The Labute approximate surface area is 175 Å². The summed E-state index contributed by atoms with van der Waals surface area (Å²) in [5, 5.41) is 16.5. The van der Waals surface area contributed by atoms with Crippen molar-refractivity contribution in [3.05, 3.63) is 57.6 Å². The van der Waals surface area contributed by atoms with E-state index in [1.807, 2.05) is 32.0 Å². The lowest BCUT2D eigenvalue weighted by atomic mass is 10.1. The standard InChI is InChI=1S/C21H26N4O5/c1-13-6-7-14(2)18(10-13)22-20(26)12-24(4)15(3)21(27)23-17-9-8-16(25(28)29)11-19(17)30-5/h6-11,15H,12H2,1-5H3,(H,22,26)(H,23,27)/p+1/t15-/m1/s1. The van der Waals surface area contributed by atoms with E-state index >= 15 is 0 Å². The molecule has 9 nitrogen and oxygen atoms in total. The molecule has 2 amide bonds. The number of quaternary nitrogens is 1. The zero-order chi connectivity index (χ0) is 22.4. The van der Waals surface area contributed by atoms with Gasteiger partial charge in [-0.25, -0.2) is 0 Å². The number of rotatable bonds is 8. The summed E-state index contributed by atoms with van der Waals surface area (Å²) < 4.78 is 5.14. The highest BCUT2D eigenvalue weighted by atomic mass is 16.6. The predicted molar refractivity (Wildman–Crippen MR) is 114 cm³/mol. The number of ether oxygens (including phenoxy) is 1. The first-order valence-electron chi connectivity index (χ1n) is 9.45. The predicted octanol–water partition coefficient (Wildman–Crippen LogP) is 1.70. The number of nitro benzene ring substituents is 1. The summed E-state index contributed by atoms with van der Waals surface area (Å²) >= 11 is 0. The van der Waals surface area contributed by atoms with Crippen LogP contribution >= 0.6 is 0 Å². The van der Waals surface area contributed by atoms with Crippen LogP contribution in [-0.4, -0.2) is 43.5 Å². The molecule has 160 valence electrons. The minimum Gasteiger partial charge on any atom is -0.494 e. The Balaban J connectivity index is 2.01. The Bertz CT molecular complexity index is 960. The van der Waals surface area contributed by atoms with Gasteiger partial charge in [-0.2, -0.15) is 0 Å². The van der Waals surface area contributed by atoms with Crippen molar-refractivity contribution >= 4 is 28.9 Å². The van der Waals surface area contributed by atoms with Crippen molar-refractivity contribution < 1.29 is 24.1 Å². The van der Waals surface area contributed by atoms with Crippen LogP contribution in [0.3, 0.4) is 0 Å². The van der Waals surface area contributed by atoms with Gasteiger partial charge in [-0.3, -0.25) is 19.7 Å². The molecule has 0 aliphatic rings. The molecule has 0 aliphatic heterocycles. The molecule has 2 aromatic carbocycles. The van der Waals surface area contributed by atoms with Crippen molar-refractivity contribution in [3.8, 4) is 5.75 Å². The number of hydrogen-bond acceptors (Lipinski definition) is 5. The van der Waals surface area contributed by atoms with Gasteiger partial charge in [0.15, 0.2) is 12.6 Å². The molecule has 1 unspecified atom stereocenters. The number of carbonyl (C=O) groups excluding carboxylic acids is 2. The maximum atomic E-state index is 12.6. The number of hydrogen-bond donors (Lipinski definition) is 3. The summed E-state index contributed by atoms with van der Waals surface area (Å²) in [4.78, 5) is 36.1. The number of benzene rings is 2. The van der Waals surface area contributed by atoms with E-state index in [0.717, 1.165) is 16.8 Å². The Kier molecular flexibility index (Phi) is 7.48. The lowest BCUT2D eigenvalue weighted by Crippen LogP contribution is -3.14. The van der Waals surface area contributed by atoms with Gasteiger partial charge in [0.05, 0.1) is 30.8 Å². The smallest absolute Gasteiger partial charge is 0.282 e. The van der Waals surface area contributed by atoms with E-state index in [1.165, 1.54) is 25.3 Å². The highest BCUT2D eigenvalue weighted by Crippen LogP contribution is 2.29. The van der Waals surface area contributed by atoms with E-state index in [2.05, 4.69) is 10.6 Å². The number of methoxy groups -OCH3 is 1. The fourth-order valence-electron chi connectivity index (χ4n) is 2.83. The van der Waals surface area contributed by atoms with Crippen molar-refractivity contribution in [1.29, 1.82) is 0 Å². The molecule has 9 heteroatoms. The molecule has 3 N–H and O–H groups in total. The van der Waals surface area contributed by atoms with Crippen LogP contribution in [0, 0.1) is 24.0 Å². The van der Waals surface area contributed by atoms with Gasteiger partial charge in [-0.05, 0) is 44.0 Å². The topological polar surface area (TPSA) is 115 Å². The second-order valence-electron chi connectivity index (χ2n) is 7.24. The van der Waals surface area contributed by atoms with Gasteiger partial charge in [0.25, 0.3) is 17.5 Å². The fourth-order valence-corrected chi connectivity index (χ4v) is 2.83. The molecule has 2 rings (SSSR count). The van der Waals surface area contributed by atoms with Crippen LogP contribution in [0.25, 0.3) is 0 Å². The first kappa shape index (κ1) is 22.8. The Morgan fingerprint density at radius 2 is 1.83 bits per heavy atom. The van der Waals surface area contributed by atoms with Crippen LogP contribution in [0.15, 0.2) is 36.4 Å².